The number of aliphatic hydroxyl groups is 1. The summed E-state index contributed by atoms with van der Waals surface area (Å²) in [6.45, 7) is 2.10. The van der Waals surface area contributed by atoms with Gasteiger partial charge in [-0.15, -0.1) is 0 Å². The molecule has 0 aliphatic carbocycles. The summed E-state index contributed by atoms with van der Waals surface area (Å²) >= 11 is 6.12. The standard InChI is InChI=1S/C16H17ClO/c1-2-12-7-3-5-9-14(12)16(18)11-13-8-4-6-10-15(13)17/h3-10,16,18H,2,11H2,1H3. The van der Waals surface area contributed by atoms with Gasteiger partial charge in [0, 0.05) is 11.4 Å². The van der Waals surface area contributed by atoms with Crippen molar-refractivity contribution >= 4 is 11.6 Å². The highest BCUT2D eigenvalue weighted by atomic mass is 35.5. The molecule has 0 fully saturated rings. The lowest BCUT2D eigenvalue weighted by Crippen LogP contribution is -2.05. The first-order valence-electron chi connectivity index (χ1n) is 6.21. The minimum absolute atomic E-state index is 0.499. The van der Waals surface area contributed by atoms with E-state index in [4.69, 9.17) is 11.6 Å². The molecule has 0 saturated heterocycles. The lowest BCUT2D eigenvalue weighted by Gasteiger charge is -2.15. The van der Waals surface area contributed by atoms with E-state index in [0.29, 0.717) is 11.4 Å². The van der Waals surface area contributed by atoms with Crippen molar-refractivity contribution in [3.05, 3.63) is 70.2 Å². The van der Waals surface area contributed by atoms with Gasteiger partial charge in [0.1, 0.15) is 0 Å². The first-order valence-corrected chi connectivity index (χ1v) is 6.59. The summed E-state index contributed by atoms with van der Waals surface area (Å²) in [7, 11) is 0. The molecule has 0 heterocycles. The maximum atomic E-state index is 10.4. The van der Waals surface area contributed by atoms with E-state index in [0.717, 1.165) is 17.5 Å². The molecule has 2 heteroatoms. The molecule has 0 bridgehead atoms. The maximum absolute atomic E-state index is 10.4. The molecule has 1 atom stereocenters. The fraction of sp³-hybridized carbons (Fsp3) is 0.250. The highest BCUT2D eigenvalue weighted by Gasteiger charge is 2.13. The monoisotopic (exact) mass is 260 g/mol. The molecule has 0 aliphatic heterocycles. The molecule has 0 amide bonds. The average Bonchev–Trinajstić information content (AvgIpc) is 2.41. The SMILES string of the molecule is CCc1ccccc1C(O)Cc1ccccc1Cl. The van der Waals surface area contributed by atoms with Crippen LogP contribution < -0.4 is 0 Å². The van der Waals surface area contributed by atoms with Gasteiger partial charge >= 0.3 is 0 Å². The number of aryl methyl sites for hydroxylation is 1. The van der Waals surface area contributed by atoms with E-state index in [1.165, 1.54) is 5.56 Å². The van der Waals surface area contributed by atoms with Crippen LogP contribution in [0.4, 0.5) is 0 Å². The van der Waals surface area contributed by atoms with Crippen LogP contribution >= 0.6 is 11.6 Å². The Morgan fingerprint density at radius 1 is 1.00 bits per heavy atom. The van der Waals surface area contributed by atoms with Crippen LogP contribution in [-0.2, 0) is 12.8 Å². The van der Waals surface area contributed by atoms with Gasteiger partial charge < -0.3 is 5.11 Å². The first-order chi connectivity index (χ1) is 8.72. The normalized spacial score (nSPS) is 12.4. The Labute approximate surface area is 113 Å². The van der Waals surface area contributed by atoms with E-state index in [9.17, 15) is 5.11 Å². The first kappa shape index (κ1) is 13.1. The van der Waals surface area contributed by atoms with Crippen molar-refractivity contribution in [2.45, 2.75) is 25.9 Å². The van der Waals surface area contributed by atoms with E-state index >= 15 is 0 Å². The second-order valence-electron chi connectivity index (χ2n) is 4.36. The molecule has 2 aromatic carbocycles. The average molecular weight is 261 g/mol. The van der Waals surface area contributed by atoms with Crippen molar-refractivity contribution < 1.29 is 5.11 Å². The van der Waals surface area contributed by atoms with Gasteiger partial charge in [-0.25, -0.2) is 0 Å². The zero-order chi connectivity index (χ0) is 13.0. The van der Waals surface area contributed by atoms with Crippen LogP contribution in [0.1, 0.15) is 29.7 Å². The number of aliphatic hydroxyl groups excluding tert-OH is 1. The molecule has 94 valence electrons. The molecule has 0 saturated carbocycles. The van der Waals surface area contributed by atoms with Crippen LogP contribution in [-0.4, -0.2) is 5.11 Å². The molecule has 0 radical (unpaired) electrons. The molecular weight excluding hydrogens is 244 g/mol. The predicted molar refractivity (Wildman–Crippen MR) is 75.9 cm³/mol. The van der Waals surface area contributed by atoms with Crippen molar-refractivity contribution in [3.8, 4) is 0 Å². The topological polar surface area (TPSA) is 20.2 Å². The van der Waals surface area contributed by atoms with Gasteiger partial charge in [0.05, 0.1) is 6.10 Å². The molecule has 1 unspecified atom stereocenters. The third-order valence-electron chi connectivity index (χ3n) is 3.17. The highest BCUT2D eigenvalue weighted by molar-refractivity contribution is 6.31. The summed E-state index contributed by atoms with van der Waals surface area (Å²) < 4.78 is 0. The molecule has 2 aromatic rings. The van der Waals surface area contributed by atoms with E-state index in [2.05, 4.69) is 13.0 Å². The van der Waals surface area contributed by atoms with Gasteiger partial charge in [-0.3, -0.25) is 0 Å². The minimum atomic E-state index is -0.499. The second-order valence-corrected chi connectivity index (χ2v) is 4.77. The minimum Gasteiger partial charge on any atom is -0.388 e. The summed E-state index contributed by atoms with van der Waals surface area (Å²) in [5, 5.41) is 11.1. The van der Waals surface area contributed by atoms with E-state index in [1.807, 2.05) is 42.5 Å². The molecular formula is C16H17ClO. The Kier molecular flexibility index (Phi) is 4.40. The van der Waals surface area contributed by atoms with Crippen LogP contribution in [0.15, 0.2) is 48.5 Å². The number of halogens is 1. The third kappa shape index (κ3) is 2.92. The number of benzene rings is 2. The zero-order valence-corrected chi connectivity index (χ0v) is 11.2. The van der Waals surface area contributed by atoms with Crippen LogP contribution in [0, 0.1) is 0 Å². The number of rotatable bonds is 4. The highest BCUT2D eigenvalue weighted by Crippen LogP contribution is 2.25. The Morgan fingerprint density at radius 2 is 1.61 bits per heavy atom. The summed E-state index contributed by atoms with van der Waals surface area (Å²) in [6.07, 6.45) is 0.980. The summed E-state index contributed by atoms with van der Waals surface area (Å²) in [5.41, 5.74) is 3.18. The van der Waals surface area contributed by atoms with Gasteiger partial charge in [-0.1, -0.05) is 61.0 Å². The zero-order valence-electron chi connectivity index (χ0n) is 10.4. The maximum Gasteiger partial charge on any atom is 0.0833 e. The molecule has 0 aromatic heterocycles. The van der Waals surface area contributed by atoms with Crippen molar-refractivity contribution in [3.63, 3.8) is 0 Å². The lowest BCUT2D eigenvalue weighted by atomic mass is 9.96. The van der Waals surface area contributed by atoms with Gasteiger partial charge in [0.2, 0.25) is 0 Å². The summed E-state index contributed by atoms with van der Waals surface area (Å²) in [5.74, 6) is 0. The number of hydrogen-bond acceptors (Lipinski definition) is 1. The Balaban J connectivity index is 2.22. The van der Waals surface area contributed by atoms with Crippen molar-refractivity contribution in [1.82, 2.24) is 0 Å². The van der Waals surface area contributed by atoms with Crippen molar-refractivity contribution in [2.75, 3.05) is 0 Å². The molecule has 1 N–H and O–H groups in total. The quantitative estimate of drug-likeness (QED) is 0.874. The van der Waals surface area contributed by atoms with Crippen molar-refractivity contribution in [1.29, 1.82) is 0 Å². The van der Waals surface area contributed by atoms with Crippen LogP contribution in [0.3, 0.4) is 0 Å². The Morgan fingerprint density at radius 3 is 2.28 bits per heavy atom. The van der Waals surface area contributed by atoms with Gasteiger partial charge in [0.25, 0.3) is 0 Å². The largest absolute Gasteiger partial charge is 0.388 e. The molecule has 0 aliphatic rings. The molecule has 1 nitrogen and oxygen atoms in total. The van der Waals surface area contributed by atoms with E-state index < -0.39 is 6.10 Å². The third-order valence-corrected chi connectivity index (χ3v) is 3.53. The molecule has 0 spiro atoms. The van der Waals surface area contributed by atoms with E-state index in [1.54, 1.807) is 0 Å². The van der Waals surface area contributed by atoms with Crippen LogP contribution in [0.25, 0.3) is 0 Å². The van der Waals surface area contributed by atoms with Gasteiger partial charge in [-0.2, -0.15) is 0 Å². The lowest BCUT2D eigenvalue weighted by molar-refractivity contribution is 0.177. The Bertz CT molecular complexity index is 522. The summed E-state index contributed by atoms with van der Waals surface area (Å²) in [6, 6.07) is 15.7. The second kappa shape index (κ2) is 6.03. The molecule has 2 rings (SSSR count). The van der Waals surface area contributed by atoms with Crippen LogP contribution in [0.2, 0.25) is 5.02 Å². The van der Waals surface area contributed by atoms with Gasteiger partial charge in [0.15, 0.2) is 0 Å². The van der Waals surface area contributed by atoms with Gasteiger partial charge in [-0.05, 0) is 29.2 Å². The Hall–Kier alpha value is -1.31. The van der Waals surface area contributed by atoms with Crippen LogP contribution in [0.5, 0.6) is 0 Å². The number of hydrogen-bond donors (Lipinski definition) is 1. The fourth-order valence-electron chi connectivity index (χ4n) is 2.16. The summed E-state index contributed by atoms with van der Waals surface area (Å²) in [4.78, 5) is 0. The molecule has 18 heavy (non-hydrogen) atoms. The fourth-order valence-corrected chi connectivity index (χ4v) is 2.38. The van der Waals surface area contributed by atoms with E-state index in [-0.39, 0.29) is 0 Å². The van der Waals surface area contributed by atoms with Crippen molar-refractivity contribution in [2.24, 2.45) is 0 Å². The smallest absolute Gasteiger partial charge is 0.0833 e. The predicted octanol–water partition coefficient (Wildman–Crippen LogP) is 4.18.